The molecule has 0 unspecified atom stereocenters. The highest BCUT2D eigenvalue weighted by Crippen LogP contribution is 2.54. The number of hydrogen-bond acceptors (Lipinski definition) is 4. The molecule has 0 atom stereocenters. The molecule has 2 aliphatic rings. The van der Waals surface area contributed by atoms with Crippen LogP contribution in [0.2, 0.25) is 0 Å². The Morgan fingerprint density at radius 3 is 1.11 bits per heavy atom. The zero-order valence-corrected chi connectivity index (χ0v) is 28.9. The Kier molecular flexibility index (Phi) is 6.51. The van der Waals surface area contributed by atoms with Gasteiger partial charge in [-0.25, -0.2) is 9.97 Å². The number of aromatic nitrogens is 4. The van der Waals surface area contributed by atoms with Crippen LogP contribution in [0.15, 0.2) is 97.1 Å². The average Bonchev–Trinajstić information content (AvgIpc) is 3.69. The van der Waals surface area contributed by atoms with E-state index in [1.807, 2.05) is 13.8 Å². The largest absolute Gasteiger partial charge is 0.304 e. The third-order valence-electron chi connectivity index (χ3n) is 11.3. The van der Waals surface area contributed by atoms with E-state index in [1.54, 1.807) is 0 Å². The van der Waals surface area contributed by atoms with Gasteiger partial charge >= 0.3 is 0 Å². The predicted molar refractivity (Wildman–Crippen MR) is 194 cm³/mol. The number of rotatable bonds is 3. The summed E-state index contributed by atoms with van der Waals surface area (Å²) in [5, 5.41) is 0. The lowest BCUT2D eigenvalue weighted by atomic mass is 9.82. The van der Waals surface area contributed by atoms with E-state index in [4.69, 9.17) is 9.97 Å². The molecule has 0 amide bonds. The Morgan fingerprint density at radius 1 is 0.413 bits per heavy atom. The van der Waals surface area contributed by atoms with Gasteiger partial charge in [0.1, 0.15) is 0 Å². The summed E-state index contributed by atoms with van der Waals surface area (Å²) < 4.78 is 4.88. The molecule has 0 N–H and O–H groups in total. The summed E-state index contributed by atoms with van der Waals surface area (Å²) in [6.45, 7) is 22.6. The minimum Gasteiger partial charge on any atom is -0.304 e. The van der Waals surface area contributed by atoms with Crippen LogP contribution >= 0.6 is 0 Å². The van der Waals surface area contributed by atoms with E-state index in [0.29, 0.717) is 0 Å². The van der Waals surface area contributed by atoms with Crippen molar-refractivity contribution in [2.75, 3.05) is 9.80 Å². The van der Waals surface area contributed by atoms with Crippen LogP contribution in [0.4, 0.5) is 23.3 Å². The molecule has 6 aromatic rings. The SMILES string of the molecule is CC.CC1(C)N(c2ccccc2)c2nc3c(-c4cccc5c4nc4n5C(C)(C)C(C)(C)N4c4ccccc4)cccc3n2C1(C)C. The molecule has 8 rings (SSSR count). The molecule has 46 heavy (non-hydrogen) atoms. The first-order chi connectivity index (χ1) is 21.9. The number of hydrogen-bond donors (Lipinski definition) is 0. The van der Waals surface area contributed by atoms with Crippen molar-refractivity contribution in [2.24, 2.45) is 0 Å². The fraction of sp³-hybridized carbons (Fsp3) is 0.350. The average molecular weight is 611 g/mol. The number of para-hydroxylation sites is 4. The van der Waals surface area contributed by atoms with Crippen LogP contribution in [0.5, 0.6) is 0 Å². The van der Waals surface area contributed by atoms with Gasteiger partial charge in [0, 0.05) is 22.5 Å². The number of anilines is 4. The van der Waals surface area contributed by atoms with Crippen LogP contribution in [-0.4, -0.2) is 30.2 Å². The van der Waals surface area contributed by atoms with E-state index in [2.05, 4.69) is 171 Å². The maximum Gasteiger partial charge on any atom is 0.212 e. The van der Waals surface area contributed by atoms with Gasteiger partial charge in [0.05, 0.1) is 44.2 Å². The molecule has 0 radical (unpaired) electrons. The third-order valence-corrected chi connectivity index (χ3v) is 11.3. The molecule has 236 valence electrons. The van der Waals surface area contributed by atoms with Gasteiger partial charge in [0.2, 0.25) is 11.9 Å². The highest BCUT2D eigenvalue weighted by Gasteiger charge is 2.54. The topological polar surface area (TPSA) is 42.1 Å². The molecule has 0 aliphatic carbocycles. The van der Waals surface area contributed by atoms with Crippen LogP contribution in [0.1, 0.15) is 69.2 Å². The maximum atomic E-state index is 5.45. The number of benzene rings is 4. The van der Waals surface area contributed by atoms with Crippen molar-refractivity contribution in [3.8, 4) is 11.1 Å². The van der Waals surface area contributed by atoms with E-state index < -0.39 is 0 Å². The smallest absolute Gasteiger partial charge is 0.212 e. The molecule has 6 nitrogen and oxygen atoms in total. The van der Waals surface area contributed by atoms with Gasteiger partial charge in [-0.1, -0.05) is 74.5 Å². The van der Waals surface area contributed by atoms with Gasteiger partial charge in [0.25, 0.3) is 0 Å². The van der Waals surface area contributed by atoms with E-state index in [-0.39, 0.29) is 22.2 Å². The van der Waals surface area contributed by atoms with Crippen molar-refractivity contribution in [1.82, 2.24) is 19.1 Å². The Hall–Kier alpha value is -4.58. The second-order valence-electron chi connectivity index (χ2n) is 14.4. The molecule has 4 heterocycles. The standard InChI is InChI=1S/C38H40N6.C2H6/c1-35(2)37(5,6)43-29-23-15-21-27(31(29)39-33(43)41(35)25-17-11-9-12-18-25)28-22-16-24-30-32(28)40-34-42(26-19-13-10-14-20-26)36(3,4)38(7,8)44(30)34;1-2/h9-24H,1-8H3;1-2H3. The summed E-state index contributed by atoms with van der Waals surface area (Å²) in [6, 6.07) is 34.5. The molecular formula is C40H46N6. The molecule has 2 aromatic heterocycles. The fourth-order valence-corrected chi connectivity index (χ4v) is 7.64. The van der Waals surface area contributed by atoms with Crippen LogP contribution in [0.3, 0.4) is 0 Å². The monoisotopic (exact) mass is 610 g/mol. The maximum absolute atomic E-state index is 5.45. The van der Waals surface area contributed by atoms with Crippen molar-refractivity contribution in [3.05, 3.63) is 97.1 Å². The molecule has 0 saturated heterocycles. The van der Waals surface area contributed by atoms with Crippen LogP contribution in [0, 0.1) is 0 Å². The normalized spacial score (nSPS) is 18.4. The van der Waals surface area contributed by atoms with Crippen molar-refractivity contribution < 1.29 is 0 Å². The summed E-state index contributed by atoms with van der Waals surface area (Å²) >= 11 is 0. The quantitative estimate of drug-likeness (QED) is 0.200. The Labute approximate surface area is 273 Å². The molecule has 2 aliphatic heterocycles. The first kappa shape index (κ1) is 30.1. The minimum absolute atomic E-state index is 0.190. The Morgan fingerprint density at radius 2 is 0.761 bits per heavy atom. The molecule has 6 heteroatoms. The minimum atomic E-state index is -0.209. The van der Waals surface area contributed by atoms with E-state index in [1.165, 1.54) is 0 Å². The molecule has 4 aromatic carbocycles. The zero-order chi connectivity index (χ0) is 32.8. The van der Waals surface area contributed by atoms with Crippen molar-refractivity contribution in [1.29, 1.82) is 0 Å². The van der Waals surface area contributed by atoms with Crippen LogP contribution < -0.4 is 9.80 Å². The van der Waals surface area contributed by atoms with E-state index >= 15 is 0 Å². The lowest BCUT2D eigenvalue weighted by Crippen LogP contribution is -2.50. The first-order valence-electron chi connectivity index (χ1n) is 16.6. The van der Waals surface area contributed by atoms with Gasteiger partial charge in [-0.2, -0.15) is 0 Å². The second-order valence-corrected chi connectivity index (χ2v) is 14.4. The highest BCUT2D eigenvalue weighted by molar-refractivity contribution is 6.03. The van der Waals surface area contributed by atoms with Crippen LogP contribution in [-0.2, 0) is 11.1 Å². The highest BCUT2D eigenvalue weighted by atomic mass is 15.5. The summed E-state index contributed by atoms with van der Waals surface area (Å²) in [6.07, 6.45) is 0. The first-order valence-corrected chi connectivity index (χ1v) is 16.6. The van der Waals surface area contributed by atoms with Crippen molar-refractivity contribution in [3.63, 3.8) is 0 Å². The number of imidazole rings is 2. The summed E-state index contributed by atoms with van der Waals surface area (Å²) in [5.74, 6) is 1.96. The Balaban J connectivity index is 0.00000166. The second kappa shape index (κ2) is 9.96. The van der Waals surface area contributed by atoms with Crippen molar-refractivity contribution in [2.45, 2.75) is 91.4 Å². The summed E-state index contributed by atoms with van der Waals surface area (Å²) in [7, 11) is 0. The fourth-order valence-electron chi connectivity index (χ4n) is 7.64. The summed E-state index contributed by atoms with van der Waals surface area (Å²) in [5.41, 5.74) is 8.02. The predicted octanol–water partition coefficient (Wildman–Crippen LogP) is 10.4. The van der Waals surface area contributed by atoms with Gasteiger partial charge in [-0.05, 0) is 91.8 Å². The third kappa shape index (κ3) is 3.70. The van der Waals surface area contributed by atoms with Gasteiger partial charge < -0.3 is 18.9 Å². The molecule has 0 spiro atoms. The zero-order valence-electron chi connectivity index (χ0n) is 28.9. The van der Waals surface area contributed by atoms with Gasteiger partial charge in [0.15, 0.2) is 0 Å². The lowest BCUT2D eigenvalue weighted by Gasteiger charge is -2.41. The number of fused-ring (bicyclic) bond motifs is 6. The summed E-state index contributed by atoms with van der Waals surface area (Å²) in [4.78, 5) is 15.7. The van der Waals surface area contributed by atoms with Gasteiger partial charge in [-0.3, -0.25) is 0 Å². The number of nitrogens with zero attached hydrogens (tertiary/aromatic N) is 6. The molecule has 0 bridgehead atoms. The van der Waals surface area contributed by atoms with E-state index in [9.17, 15) is 0 Å². The molecule has 0 saturated carbocycles. The lowest BCUT2D eigenvalue weighted by molar-refractivity contribution is 0.253. The molecule has 0 fully saturated rings. The van der Waals surface area contributed by atoms with Crippen LogP contribution in [0.25, 0.3) is 33.2 Å². The van der Waals surface area contributed by atoms with Crippen molar-refractivity contribution >= 4 is 45.3 Å². The molecular weight excluding hydrogens is 564 g/mol. The Bertz CT molecular complexity index is 1930. The van der Waals surface area contributed by atoms with Gasteiger partial charge in [-0.15, -0.1) is 0 Å². The van der Waals surface area contributed by atoms with E-state index in [0.717, 1.165) is 56.5 Å².